The lowest BCUT2D eigenvalue weighted by molar-refractivity contribution is 1.12. The van der Waals surface area contributed by atoms with Gasteiger partial charge < -0.3 is 10.7 Å². The summed E-state index contributed by atoms with van der Waals surface area (Å²) in [6.07, 6.45) is 1.67. The first kappa shape index (κ1) is 10.2. The molecule has 0 spiro atoms. The molecular formula is C13H11N3S. The molecule has 3 aromatic rings. The summed E-state index contributed by atoms with van der Waals surface area (Å²) in [6, 6.07) is 14.1. The number of fused-ring (bicyclic) bond motifs is 1. The molecule has 1 aromatic carbocycles. The molecule has 4 heteroatoms. The topological polar surface area (TPSA) is 54.7 Å². The Kier molecular flexibility index (Phi) is 2.49. The quantitative estimate of drug-likeness (QED) is 0.723. The van der Waals surface area contributed by atoms with E-state index >= 15 is 0 Å². The average molecular weight is 241 g/mol. The normalized spacial score (nSPS) is 10.8. The van der Waals surface area contributed by atoms with Crippen LogP contribution < -0.4 is 5.73 Å². The zero-order chi connectivity index (χ0) is 11.7. The van der Waals surface area contributed by atoms with Crippen molar-refractivity contribution < 1.29 is 0 Å². The monoisotopic (exact) mass is 241 g/mol. The molecule has 0 atom stereocenters. The van der Waals surface area contributed by atoms with E-state index in [1.165, 1.54) is 5.39 Å². The second kappa shape index (κ2) is 4.14. The molecule has 0 saturated heterocycles. The summed E-state index contributed by atoms with van der Waals surface area (Å²) >= 11 is 1.60. The van der Waals surface area contributed by atoms with Crippen LogP contribution in [0.25, 0.3) is 10.9 Å². The van der Waals surface area contributed by atoms with E-state index in [0.29, 0.717) is 5.69 Å². The van der Waals surface area contributed by atoms with Gasteiger partial charge in [0.15, 0.2) is 0 Å². The maximum absolute atomic E-state index is 5.60. The molecule has 2 heterocycles. The summed E-state index contributed by atoms with van der Waals surface area (Å²) in [5, 5.41) is 3.24. The molecule has 0 aliphatic carbocycles. The summed E-state index contributed by atoms with van der Waals surface area (Å²) in [6.45, 7) is 0. The number of H-pyrrole nitrogens is 1. The number of anilines is 1. The molecule has 0 amide bonds. The largest absolute Gasteiger partial charge is 0.397 e. The van der Waals surface area contributed by atoms with Crippen molar-refractivity contribution in [2.24, 2.45) is 0 Å². The third-order valence-corrected chi connectivity index (χ3v) is 3.37. The molecule has 3 nitrogen and oxygen atoms in total. The van der Waals surface area contributed by atoms with Crippen LogP contribution >= 0.6 is 11.8 Å². The van der Waals surface area contributed by atoms with Crippen molar-refractivity contribution in [3.05, 3.63) is 48.7 Å². The molecule has 0 aliphatic heterocycles. The highest BCUT2D eigenvalue weighted by molar-refractivity contribution is 7.99. The van der Waals surface area contributed by atoms with E-state index in [0.717, 1.165) is 15.6 Å². The van der Waals surface area contributed by atoms with Crippen LogP contribution in [0, 0.1) is 0 Å². The van der Waals surface area contributed by atoms with Crippen molar-refractivity contribution in [2.45, 2.75) is 10.1 Å². The Balaban J connectivity index is 1.92. The minimum Gasteiger partial charge on any atom is -0.397 e. The molecule has 3 rings (SSSR count). The molecule has 0 bridgehead atoms. The number of benzene rings is 1. The number of nitrogens with zero attached hydrogens (tertiary/aromatic N) is 1. The maximum Gasteiger partial charge on any atom is 0.102 e. The van der Waals surface area contributed by atoms with Gasteiger partial charge in [0.05, 0.1) is 16.9 Å². The van der Waals surface area contributed by atoms with Crippen LogP contribution in [0.4, 0.5) is 5.69 Å². The minimum atomic E-state index is 0.686. The van der Waals surface area contributed by atoms with E-state index in [2.05, 4.69) is 28.2 Å². The Bertz CT molecular complexity index is 610. The highest BCUT2D eigenvalue weighted by Gasteiger charge is 2.02. The zero-order valence-corrected chi connectivity index (χ0v) is 9.87. The van der Waals surface area contributed by atoms with Crippen LogP contribution in [0.3, 0.4) is 0 Å². The lowest BCUT2D eigenvalue weighted by Gasteiger charge is -1.97. The van der Waals surface area contributed by atoms with Gasteiger partial charge in [-0.2, -0.15) is 0 Å². The van der Waals surface area contributed by atoms with Gasteiger partial charge >= 0.3 is 0 Å². The fourth-order valence-corrected chi connectivity index (χ4v) is 2.48. The lowest BCUT2D eigenvalue weighted by atomic mass is 10.3. The third-order valence-electron chi connectivity index (χ3n) is 2.48. The number of hydrogen-bond donors (Lipinski definition) is 2. The summed E-state index contributed by atoms with van der Waals surface area (Å²) in [5.74, 6) is 0. The molecular weight excluding hydrogens is 230 g/mol. The van der Waals surface area contributed by atoms with E-state index in [-0.39, 0.29) is 0 Å². The number of hydrogen-bond acceptors (Lipinski definition) is 3. The van der Waals surface area contributed by atoms with Crippen LogP contribution in [-0.4, -0.2) is 9.97 Å². The van der Waals surface area contributed by atoms with Crippen molar-refractivity contribution >= 4 is 28.4 Å². The fourth-order valence-electron chi connectivity index (χ4n) is 1.67. The van der Waals surface area contributed by atoms with Crippen LogP contribution in [0.15, 0.2) is 58.7 Å². The first-order valence-corrected chi connectivity index (χ1v) is 6.10. The predicted molar refractivity (Wildman–Crippen MR) is 71.1 cm³/mol. The van der Waals surface area contributed by atoms with Gasteiger partial charge in [-0.3, -0.25) is 0 Å². The Labute approximate surface area is 103 Å². The highest BCUT2D eigenvalue weighted by Crippen LogP contribution is 2.28. The molecule has 2 aromatic heterocycles. The van der Waals surface area contributed by atoms with Crippen LogP contribution in [0.2, 0.25) is 0 Å². The number of aromatic amines is 1. The van der Waals surface area contributed by atoms with Gasteiger partial charge in [0.25, 0.3) is 0 Å². The van der Waals surface area contributed by atoms with Crippen molar-refractivity contribution in [1.82, 2.24) is 9.97 Å². The van der Waals surface area contributed by atoms with Gasteiger partial charge in [0, 0.05) is 10.9 Å². The number of aromatic nitrogens is 2. The molecule has 17 heavy (non-hydrogen) atoms. The Morgan fingerprint density at radius 1 is 1.12 bits per heavy atom. The number of rotatable bonds is 2. The standard InChI is InChI=1S/C13H11N3S/c14-10-5-6-12(15-8-10)17-13-7-9-3-1-2-4-11(9)16-13/h1-8,16H,14H2. The Hall–Kier alpha value is -1.94. The number of nitrogens with one attached hydrogen (secondary N) is 1. The average Bonchev–Trinajstić information content (AvgIpc) is 2.74. The molecule has 0 fully saturated rings. The second-order valence-electron chi connectivity index (χ2n) is 3.75. The van der Waals surface area contributed by atoms with Crippen molar-refractivity contribution in [1.29, 1.82) is 0 Å². The zero-order valence-electron chi connectivity index (χ0n) is 9.05. The molecule has 0 radical (unpaired) electrons. The molecule has 0 aliphatic rings. The molecule has 3 N–H and O–H groups in total. The summed E-state index contributed by atoms with van der Waals surface area (Å²) in [5.41, 5.74) is 7.43. The first-order valence-electron chi connectivity index (χ1n) is 5.28. The summed E-state index contributed by atoms with van der Waals surface area (Å²) < 4.78 is 0. The van der Waals surface area contributed by atoms with Crippen LogP contribution in [0.1, 0.15) is 0 Å². The van der Waals surface area contributed by atoms with Gasteiger partial charge in [0.2, 0.25) is 0 Å². The number of pyridine rings is 1. The lowest BCUT2D eigenvalue weighted by Crippen LogP contribution is -1.86. The van der Waals surface area contributed by atoms with Gasteiger partial charge in [-0.15, -0.1) is 0 Å². The summed E-state index contributed by atoms with van der Waals surface area (Å²) in [4.78, 5) is 7.61. The number of para-hydroxylation sites is 1. The van der Waals surface area contributed by atoms with Gasteiger partial charge in [0.1, 0.15) is 5.03 Å². The Morgan fingerprint density at radius 3 is 2.76 bits per heavy atom. The molecule has 0 unspecified atom stereocenters. The van der Waals surface area contributed by atoms with E-state index in [1.807, 2.05) is 24.3 Å². The highest BCUT2D eigenvalue weighted by atomic mass is 32.2. The van der Waals surface area contributed by atoms with E-state index in [9.17, 15) is 0 Å². The smallest absolute Gasteiger partial charge is 0.102 e. The van der Waals surface area contributed by atoms with Crippen molar-refractivity contribution in [3.63, 3.8) is 0 Å². The first-order chi connectivity index (χ1) is 8.31. The number of nitrogen functional groups attached to an aromatic ring is 1. The van der Waals surface area contributed by atoms with E-state index < -0.39 is 0 Å². The van der Waals surface area contributed by atoms with Crippen molar-refractivity contribution in [3.8, 4) is 0 Å². The van der Waals surface area contributed by atoms with Crippen molar-refractivity contribution in [2.75, 3.05) is 5.73 Å². The minimum absolute atomic E-state index is 0.686. The SMILES string of the molecule is Nc1ccc(Sc2cc3ccccc3[nH]2)nc1. The Morgan fingerprint density at radius 2 is 2.00 bits per heavy atom. The van der Waals surface area contributed by atoms with E-state index in [1.54, 1.807) is 18.0 Å². The molecule has 84 valence electrons. The van der Waals surface area contributed by atoms with Crippen LogP contribution in [-0.2, 0) is 0 Å². The van der Waals surface area contributed by atoms with Gasteiger partial charge in [-0.05, 0) is 24.3 Å². The maximum atomic E-state index is 5.60. The van der Waals surface area contributed by atoms with E-state index in [4.69, 9.17) is 5.73 Å². The number of nitrogens with two attached hydrogens (primary N) is 1. The molecule has 0 saturated carbocycles. The van der Waals surface area contributed by atoms with Gasteiger partial charge in [-0.1, -0.05) is 30.0 Å². The second-order valence-corrected chi connectivity index (χ2v) is 4.81. The fraction of sp³-hybridized carbons (Fsp3) is 0. The predicted octanol–water partition coefficient (Wildman–Crippen LogP) is 3.30. The van der Waals surface area contributed by atoms with Gasteiger partial charge in [-0.25, -0.2) is 4.98 Å². The van der Waals surface area contributed by atoms with Crippen LogP contribution in [0.5, 0.6) is 0 Å². The third kappa shape index (κ3) is 2.12. The summed E-state index contributed by atoms with van der Waals surface area (Å²) in [7, 11) is 0.